The number of fused-ring (bicyclic) bond motifs is 1. The zero-order chi connectivity index (χ0) is 17.6. The molecule has 0 aromatic heterocycles. The maximum Gasteiger partial charge on any atom is 0.331 e. The van der Waals surface area contributed by atoms with Gasteiger partial charge in [0.05, 0.1) is 13.7 Å². The van der Waals surface area contributed by atoms with Crippen molar-refractivity contribution in [1.29, 1.82) is 0 Å². The van der Waals surface area contributed by atoms with Crippen molar-refractivity contribution in [2.45, 2.75) is 38.6 Å². The maximum absolute atomic E-state index is 12.5. The van der Waals surface area contributed by atoms with E-state index in [1.807, 2.05) is 31.2 Å². The van der Waals surface area contributed by atoms with Gasteiger partial charge in [-0.25, -0.2) is 4.79 Å². The van der Waals surface area contributed by atoms with Crippen molar-refractivity contribution in [3.8, 4) is 0 Å². The van der Waals surface area contributed by atoms with Gasteiger partial charge in [-0.05, 0) is 30.0 Å². The highest BCUT2D eigenvalue weighted by Crippen LogP contribution is 2.30. The smallest absolute Gasteiger partial charge is 0.331 e. The second-order valence-corrected chi connectivity index (χ2v) is 5.93. The Labute approximate surface area is 143 Å². The number of rotatable bonds is 5. The van der Waals surface area contributed by atoms with E-state index in [0.717, 1.165) is 23.1 Å². The normalized spacial score (nSPS) is 21.7. The van der Waals surface area contributed by atoms with E-state index < -0.39 is 5.54 Å². The molecule has 1 heterocycles. The number of benzene rings is 1. The molecule has 0 spiro atoms. The summed E-state index contributed by atoms with van der Waals surface area (Å²) >= 11 is 0. The number of carbonyl (C=O) groups is 2. The van der Waals surface area contributed by atoms with Crippen molar-refractivity contribution in [2.24, 2.45) is 0 Å². The summed E-state index contributed by atoms with van der Waals surface area (Å²) in [4.78, 5) is 24.4. The highest BCUT2D eigenvalue weighted by atomic mass is 16.5. The molecule has 1 aliphatic rings. The lowest BCUT2D eigenvalue weighted by atomic mass is 9.86. The molecule has 2 rings (SSSR count). The summed E-state index contributed by atoms with van der Waals surface area (Å²) < 4.78 is 10.1. The van der Waals surface area contributed by atoms with Crippen LogP contribution in [0.5, 0.6) is 0 Å². The summed E-state index contributed by atoms with van der Waals surface area (Å²) in [7, 11) is 1.41. The van der Waals surface area contributed by atoms with Gasteiger partial charge in [0, 0.05) is 19.0 Å². The SMILES string of the molecule is CCCC1(C(=O)OC)Cc2ccccc2/C(=C\C(=O)OCC)CN1. The zero-order valence-electron chi connectivity index (χ0n) is 14.6. The van der Waals surface area contributed by atoms with E-state index in [1.54, 1.807) is 6.92 Å². The first kappa shape index (κ1) is 18.2. The van der Waals surface area contributed by atoms with E-state index in [0.29, 0.717) is 26.0 Å². The molecule has 1 aliphatic heterocycles. The van der Waals surface area contributed by atoms with Crippen molar-refractivity contribution in [3.63, 3.8) is 0 Å². The van der Waals surface area contributed by atoms with E-state index in [-0.39, 0.29) is 11.9 Å². The average Bonchev–Trinajstić information content (AvgIpc) is 2.73. The van der Waals surface area contributed by atoms with Crippen LogP contribution in [0.15, 0.2) is 30.3 Å². The quantitative estimate of drug-likeness (QED) is 0.663. The molecule has 130 valence electrons. The van der Waals surface area contributed by atoms with Gasteiger partial charge in [0.2, 0.25) is 0 Å². The minimum Gasteiger partial charge on any atom is -0.468 e. The number of carbonyl (C=O) groups excluding carboxylic acids is 2. The van der Waals surface area contributed by atoms with Gasteiger partial charge >= 0.3 is 11.9 Å². The Kier molecular flexibility index (Phi) is 6.15. The number of hydrogen-bond acceptors (Lipinski definition) is 5. The van der Waals surface area contributed by atoms with Crippen LogP contribution in [-0.2, 0) is 25.5 Å². The van der Waals surface area contributed by atoms with Gasteiger partial charge in [0.1, 0.15) is 5.54 Å². The van der Waals surface area contributed by atoms with Crippen LogP contribution in [0.1, 0.15) is 37.8 Å². The Bertz CT molecular complexity index is 638. The number of hydrogen-bond donors (Lipinski definition) is 1. The fourth-order valence-corrected chi connectivity index (χ4v) is 3.24. The molecule has 1 aromatic carbocycles. The lowest BCUT2D eigenvalue weighted by Crippen LogP contribution is -2.54. The van der Waals surface area contributed by atoms with Crippen molar-refractivity contribution >= 4 is 17.5 Å². The van der Waals surface area contributed by atoms with E-state index in [9.17, 15) is 9.59 Å². The molecule has 1 aromatic rings. The van der Waals surface area contributed by atoms with Gasteiger partial charge in [-0.1, -0.05) is 37.6 Å². The molecule has 24 heavy (non-hydrogen) atoms. The Balaban J connectivity index is 2.46. The van der Waals surface area contributed by atoms with Crippen LogP contribution in [0.4, 0.5) is 0 Å². The lowest BCUT2D eigenvalue weighted by Gasteiger charge is -2.30. The van der Waals surface area contributed by atoms with E-state index in [2.05, 4.69) is 5.32 Å². The van der Waals surface area contributed by atoms with Crippen molar-refractivity contribution in [1.82, 2.24) is 5.32 Å². The minimum atomic E-state index is -0.774. The Hall–Kier alpha value is -2.14. The third kappa shape index (κ3) is 3.85. The molecule has 0 radical (unpaired) electrons. The monoisotopic (exact) mass is 331 g/mol. The fraction of sp³-hybridized carbons (Fsp3) is 0.474. The Morgan fingerprint density at radius 1 is 1.29 bits per heavy atom. The van der Waals surface area contributed by atoms with Crippen LogP contribution in [0.2, 0.25) is 0 Å². The topological polar surface area (TPSA) is 64.6 Å². The van der Waals surface area contributed by atoms with Crippen molar-refractivity contribution in [3.05, 3.63) is 41.5 Å². The van der Waals surface area contributed by atoms with Crippen LogP contribution in [-0.4, -0.2) is 37.7 Å². The van der Waals surface area contributed by atoms with Crippen molar-refractivity contribution in [2.75, 3.05) is 20.3 Å². The van der Waals surface area contributed by atoms with Crippen molar-refractivity contribution < 1.29 is 19.1 Å². The summed E-state index contributed by atoms with van der Waals surface area (Å²) in [5, 5.41) is 3.34. The largest absolute Gasteiger partial charge is 0.468 e. The molecule has 1 unspecified atom stereocenters. The zero-order valence-corrected chi connectivity index (χ0v) is 14.6. The van der Waals surface area contributed by atoms with Gasteiger partial charge in [0.15, 0.2) is 0 Å². The maximum atomic E-state index is 12.5. The number of nitrogens with one attached hydrogen (secondary N) is 1. The molecule has 0 saturated heterocycles. The van der Waals surface area contributed by atoms with E-state index >= 15 is 0 Å². The van der Waals surface area contributed by atoms with Gasteiger partial charge in [0.25, 0.3) is 0 Å². The summed E-state index contributed by atoms with van der Waals surface area (Å²) in [6.07, 6.45) is 3.56. The fourth-order valence-electron chi connectivity index (χ4n) is 3.24. The molecule has 0 bridgehead atoms. The molecule has 5 nitrogen and oxygen atoms in total. The Morgan fingerprint density at radius 3 is 2.71 bits per heavy atom. The van der Waals surface area contributed by atoms with E-state index in [4.69, 9.17) is 9.47 Å². The van der Waals surface area contributed by atoms with Gasteiger partial charge in [-0.15, -0.1) is 0 Å². The second kappa shape index (κ2) is 8.11. The third-order valence-corrected chi connectivity index (χ3v) is 4.30. The molecule has 1 N–H and O–H groups in total. The first-order chi connectivity index (χ1) is 11.6. The van der Waals surface area contributed by atoms with Crippen LogP contribution in [0.25, 0.3) is 5.57 Å². The molecular weight excluding hydrogens is 306 g/mol. The summed E-state index contributed by atoms with van der Waals surface area (Å²) in [5.41, 5.74) is 2.05. The van der Waals surface area contributed by atoms with Gasteiger partial charge in [-0.2, -0.15) is 0 Å². The van der Waals surface area contributed by atoms with Gasteiger partial charge < -0.3 is 9.47 Å². The van der Waals surface area contributed by atoms with Crippen LogP contribution >= 0.6 is 0 Å². The lowest BCUT2D eigenvalue weighted by molar-refractivity contribution is -0.149. The van der Waals surface area contributed by atoms with Crippen LogP contribution < -0.4 is 5.32 Å². The predicted octanol–water partition coefficient (Wildman–Crippen LogP) is 2.49. The first-order valence-corrected chi connectivity index (χ1v) is 8.35. The average molecular weight is 331 g/mol. The molecule has 0 aliphatic carbocycles. The predicted molar refractivity (Wildman–Crippen MR) is 92.4 cm³/mol. The molecule has 0 saturated carbocycles. The summed E-state index contributed by atoms with van der Waals surface area (Å²) in [6.45, 7) is 4.56. The Morgan fingerprint density at radius 2 is 2.04 bits per heavy atom. The summed E-state index contributed by atoms with van der Waals surface area (Å²) in [5.74, 6) is -0.637. The molecule has 5 heteroatoms. The standard InChI is InChI=1S/C19H25NO4/c1-4-10-19(18(22)23-3)12-14-8-6-7-9-16(14)15(13-20-19)11-17(21)24-5-2/h6-9,11,20H,4-5,10,12-13H2,1-3H3/b15-11-. The number of ether oxygens (including phenoxy) is 2. The second-order valence-electron chi connectivity index (χ2n) is 5.93. The summed E-state index contributed by atoms with van der Waals surface area (Å²) in [6, 6.07) is 7.85. The number of methoxy groups -OCH3 is 1. The minimum absolute atomic E-state index is 0.267. The van der Waals surface area contributed by atoms with Gasteiger partial charge in [-0.3, -0.25) is 10.1 Å². The third-order valence-electron chi connectivity index (χ3n) is 4.30. The van der Waals surface area contributed by atoms with Crippen LogP contribution in [0, 0.1) is 0 Å². The first-order valence-electron chi connectivity index (χ1n) is 8.35. The van der Waals surface area contributed by atoms with Crippen LogP contribution in [0.3, 0.4) is 0 Å². The van der Waals surface area contributed by atoms with E-state index in [1.165, 1.54) is 13.2 Å². The molecule has 0 fully saturated rings. The molecule has 0 amide bonds. The highest BCUT2D eigenvalue weighted by Gasteiger charge is 2.41. The number of esters is 2. The highest BCUT2D eigenvalue weighted by molar-refractivity contribution is 5.93. The molecule has 1 atom stereocenters. The molecular formula is C19H25NO4.